The monoisotopic (exact) mass is 451 g/mol. The number of hydrogen-bond donors (Lipinski definition) is 2. The molecule has 0 aromatic carbocycles. The molecule has 3 saturated carbocycles. The van der Waals surface area contributed by atoms with Gasteiger partial charge in [0.05, 0.1) is 5.56 Å². The molecule has 2 atom stereocenters. The third kappa shape index (κ3) is 5.11. The number of rotatable bonds is 6. The van der Waals surface area contributed by atoms with Gasteiger partial charge in [0.2, 0.25) is 11.8 Å². The van der Waals surface area contributed by atoms with Crippen LogP contribution in [0.3, 0.4) is 0 Å². The zero-order chi connectivity index (χ0) is 21.6. The third-order valence-corrected chi connectivity index (χ3v) is 8.34. The number of amides is 2. The van der Waals surface area contributed by atoms with Gasteiger partial charge in [0.25, 0.3) is 5.91 Å². The number of carbonyl (C=O) groups excluding carboxylic acids is 2. The van der Waals surface area contributed by atoms with Crippen LogP contribution in [-0.2, 0) is 4.79 Å². The lowest BCUT2D eigenvalue weighted by Gasteiger charge is -2.32. The van der Waals surface area contributed by atoms with Gasteiger partial charge in [-0.15, -0.1) is 11.3 Å². The van der Waals surface area contributed by atoms with E-state index in [-0.39, 0.29) is 24.8 Å². The third-order valence-electron chi connectivity index (χ3n) is 7.27. The molecule has 5 nitrogen and oxygen atoms in total. The summed E-state index contributed by atoms with van der Waals surface area (Å²) in [5, 5.41) is 8.58. The molecule has 0 spiro atoms. The van der Waals surface area contributed by atoms with Gasteiger partial charge >= 0.3 is 0 Å². The van der Waals surface area contributed by atoms with Crippen molar-refractivity contribution in [1.82, 2.24) is 15.5 Å². The lowest BCUT2D eigenvalue weighted by Crippen LogP contribution is -2.46. The summed E-state index contributed by atoms with van der Waals surface area (Å²) in [5.41, 5.74) is 0.648. The highest BCUT2D eigenvalue weighted by Crippen LogP contribution is 2.44. The van der Waals surface area contributed by atoms with Crippen molar-refractivity contribution in [3.63, 3.8) is 0 Å². The second-order valence-corrected chi connectivity index (χ2v) is 10.8. The Hall–Kier alpha value is -1.54. The van der Waals surface area contributed by atoms with Crippen molar-refractivity contribution < 1.29 is 18.4 Å². The molecule has 0 bridgehead atoms. The molecule has 31 heavy (non-hydrogen) atoms. The molecule has 1 saturated heterocycles. The maximum Gasteiger partial charge on any atom is 0.252 e. The van der Waals surface area contributed by atoms with Crippen molar-refractivity contribution in [2.24, 2.45) is 5.92 Å². The van der Waals surface area contributed by atoms with Crippen LogP contribution in [0.15, 0.2) is 11.4 Å². The number of piperidine rings is 1. The van der Waals surface area contributed by atoms with Crippen molar-refractivity contribution in [1.29, 1.82) is 0 Å². The summed E-state index contributed by atoms with van der Waals surface area (Å²) in [6, 6.07) is 2.74. The molecule has 5 rings (SSSR count). The molecule has 170 valence electrons. The van der Waals surface area contributed by atoms with Gasteiger partial charge in [-0.3, -0.25) is 9.59 Å². The Morgan fingerprint density at radius 2 is 1.74 bits per heavy atom. The first-order chi connectivity index (χ1) is 14.9. The van der Waals surface area contributed by atoms with Gasteiger partial charge in [0.15, 0.2) is 0 Å². The minimum Gasteiger partial charge on any atom is -0.349 e. The van der Waals surface area contributed by atoms with Gasteiger partial charge in [-0.25, -0.2) is 8.78 Å². The van der Waals surface area contributed by atoms with Gasteiger partial charge in [-0.05, 0) is 51.0 Å². The first-order valence-corrected chi connectivity index (χ1v) is 12.6. The summed E-state index contributed by atoms with van der Waals surface area (Å²) in [4.78, 5) is 28.0. The van der Waals surface area contributed by atoms with Crippen molar-refractivity contribution in [3.05, 3.63) is 21.9 Å². The van der Waals surface area contributed by atoms with Crippen molar-refractivity contribution in [2.45, 2.75) is 87.8 Å². The van der Waals surface area contributed by atoms with E-state index in [1.54, 1.807) is 11.3 Å². The van der Waals surface area contributed by atoms with E-state index in [2.05, 4.69) is 10.6 Å². The summed E-state index contributed by atoms with van der Waals surface area (Å²) < 4.78 is 26.6. The Labute approximate surface area is 185 Å². The Bertz CT molecular complexity index is 823. The predicted molar refractivity (Wildman–Crippen MR) is 116 cm³/mol. The maximum absolute atomic E-state index is 13.3. The van der Waals surface area contributed by atoms with Gasteiger partial charge in [0, 0.05) is 66.1 Å². The molecule has 3 aliphatic carbocycles. The number of nitrogens with one attached hydrogen (secondary N) is 2. The lowest BCUT2D eigenvalue weighted by atomic mass is 9.92. The average Bonchev–Trinajstić information content (AvgIpc) is 3.68. The van der Waals surface area contributed by atoms with E-state index in [0.717, 1.165) is 45.2 Å². The predicted octanol–water partition coefficient (Wildman–Crippen LogP) is 3.90. The highest BCUT2D eigenvalue weighted by Gasteiger charge is 2.42. The number of thiophene rings is 1. The number of hydrogen-bond acceptors (Lipinski definition) is 4. The van der Waals surface area contributed by atoms with Gasteiger partial charge < -0.3 is 15.5 Å². The number of alkyl halides is 2. The largest absolute Gasteiger partial charge is 0.349 e. The van der Waals surface area contributed by atoms with E-state index in [1.165, 1.54) is 4.88 Å². The summed E-state index contributed by atoms with van der Waals surface area (Å²) in [6.07, 6.45) is 5.65. The van der Waals surface area contributed by atoms with Crippen molar-refractivity contribution in [3.8, 4) is 0 Å². The highest BCUT2D eigenvalue weighted by molar-refractivity contribution is 7.10. The molecule has 2 amide bonds. The molecule has 8 heteroatoms. The van der Waals surface area contributed by atoms with Gasteiger partial charge in [-0.2, -0.15) is 0 Å². The minimum absolute atomic E-state index is 0.143. The molecular weight excluding hydrogens is 420 g/mol. The van der Waals surface area contributed by atoms with Crippen LogP contribution >= 0.6 is 11.3 Å². The van der Waals surface area contributed by atoms with Crippen LogP contribution < -0.4 is 10.6 Å². The average molecular weight is 452 g/mol. The Balaban J connectivity index is 1.06. The number of likely N-dealkylation sites (tertiary alicyclic amines) is 1. The number of nitrogens with zero attached hydrogens (tertiary/aromatic N) is 1. The summed E-state index contributed by atoms with van der Waals surface area (Å²) in [7, 11) is 0. The van der Waals surface area contributed by atoms with Crippen LogP contribution in [0.4, 0.5) is 8.78 Å². The Morgan fingerprint density at radius 3 is 2.42 bits per heavy atom. The van der Waals surface area contributed by atoms with E-state index >= 15 is 0 Å². The molecular formula is C23H31F2N3O2S. The van der Waals surface area contributed by atoms with E-state index < -0.39 is 5.92 Å². The second kappa shape index (κ2) is 8.43. The smallest absolute Gasteiger partial charge is 0.252 e. The molecule has 2 heterocycles. The van der Waals surface area contributed by atoms with E-state index in [9.17, 15) is 18.4 Å². The first kappa shape index (κ1) is 21.3. The first-order valence-electron chi connectivity index (χ1n) is 11.7. The highest BCUT2D eigenvalue weighted by atomic mass is 32.1. The zero-order valence-electron chi connectivity index (χ0n) is 17.7. The molecule has 1 unspecified atom stereocenters. The molecule has 1 aromatic rings. The summed E-state index contributed by atoms with van der Waals surface area (Å²) in [5.74, 6) is -1.61. The fraction of sp³-hybridized carbons (Fsp3) is 0.739. The van der Waals surface area contributed by atoms with Gasteiger partial charge in [0.1, 0.15) is 0 Å². The Morgan fingerprint density at radius 1 is 1.03 bits per heavy atom. The minimum atomic E-state index is -2.58. The van der Waals surface area contributed by atoms with Crippen LogP contribution in [0.2, 0.25) is 0 Å². The fourth-order valence-electron chi connectivity index (χ4n) is 4.97. The molecule has 4 aliphatic rings. The van der Waals surface area contributed by atoms with Crippen LogP contribution in [0.5, 0.6) is 0 Å². The molecule has 1 aromatic heterocycles. The second-order valence-electron chi connectivity index (χ2n) is 9.83. The summed E-state index contributed by atoms with van der Waals surface area (Å²) in [6.45, 7) is 1.72. The molecule has 4 fully saturated rings. The topological polar surface area (TPSA) is 61.4 Å². The van der Waals surface area contributed by atoms with Crippen molar-refractivity contribution in [2.75, 3.05) is 13.1 Å². The zero-order valence-corrected chi connectivity index (χ0v) is 18.6. The Kier molecular flexibility index (Phi) is 5.79. The van der Waals surface area contributed by atoms with Crippen LogP contribution in [0.1, 0.15) is 78.9 Å². The maximum atomic E-state index is 13.3. The normalized spacial score (nSPS) is 29.0. The van der Waals surface area contributed by atoms with E-state index in [4.69, 9.17) is 0 Å². The van der Waals surface area contributed by atoms with E-state index in [1.807, 2.05) is 16.3 Å². The lowest BCUT2D eigenvalue weighted by molar-refractivity contribution is -0.133. The molecule has 1 aliphatic heterocycles. The van der Waals surface area contributed by atoms with Crippen LogP contribution in [0, 0.1) is 5.92 Å². The van der Waals surface area contributed by atoms with Crippen LogP contribution in [-0.4, -0.2) is 53.9 Å². The van der Waals surface area contributed by atoms with Crippen LogP contribution in [0.25, 0.3) is 0 Å². The molecule has 0 radical (unpaired) electrons. The molecule has 2 N–H and O–H groups in total. The van der Waals surface area contributed by atoms with Crippen molar-refractivity contribution >= 4 is 23.2 Å². The fourth-order valence-corrected chi connectivity index (χ4v) is 6.04. The quantitative estimate of drug-likeness (QED) is 0.690. The standard InChI is InChI=1S/C23H31F2N3O2S/c24-23(25)7-3-16(4-8-23)27-21(29)15-11-20(31-13-15)18-12-19(18)26-17-5-9-28(10-6-17)22(30)14-1-2-14/h11,13-14,16-19,26H,1-10,12H2,(H,27,29)/t18-,19?/m1/s1. The SMILES string of the molecule is O=C(NC1CCC(F)(F)CC1)c1csc([C@@H]2CC2NC2CCN(C(=O)C3CC3)CC2)c1. The van der Waals surface area contributed by atoms with Gasteiger partial charge in [-0.1, -0.05) is 0 Å². The van der Waals surface area contributed by atoms with E-state index in [0.29, 0.717) is 48.2 Å². The number of carbonyl (C=O) groups is 2. The summed E-state index contributed by atoms with van der Waals surface area (Å²) >= 11 is 1.62. The number of halogens is 2.